The Hall–Kier alpha value is -0.870. The maximum Gasteiger partial charge on any atom is 0.261 e. The third-order valence-corrected chi connectivity index (χ3v) is 6.02. The largest absolute Gasteiger partial charge is 0.348 e. The van der Waals surface area contributed by atoms with Crippen LogP contribution in [-0.4, -0.2) is 24.0 Å². The molecule has 2 N–H and O–H groups in total. The summed E-state index contributed by atoms with van der Waals surface area (Å²) in [5.41, 5.74) is 1.36. The molecule has 4 heteroatoms. The summed E-state index contributed by atoms with van der Waals surface area (Å²) in [4.78, 5) is 14.8. The number of piperidine rings is 1. The Morgan fingerprint density at radius 1 is 1.33 bits per heavy atom. The minimum absolute atomic E-state index is 0.142. The molecule has 2 saturated heterocycles. The summed E-state index contributed by atoms with van der Waals surface area (Å²) in [6, 6.07) is 3.72. The van der Waals surface area contributed by atoms with Crippen molar-refractivity contribution in [1.29, 1.82) is 0 Å². The van der Waals surface area contributed by atoms with Gasteiger partial charge in [0.25, 0.3) is 5.91 Å². The van der Waals surface area contributed by atoms with E-state index in [-0.39, 0.29) is 5.91 Å². The Balaban J connectivity index is 1.65. The molecule has 2 aliphatic heterocycles. The molecule has 0 aliphatic carbocycles. The van der Waals surface area contributed by atoms with Crippen LogP contribution in [0.5, 0.6) is 0 Å². The zero-order chi connectivity index (χ0) is 14.8. The molecular formula is C17H26N2OS. The van der Waals surface area contributed by atoms with Gasteiger partial charge in [0, 0.05) is 23.0 Å². The molecule has 0 aromatic carbocycles. The van der Waals surface area contributed by atoms with Gasteiger partial charge in [-0.05, 0) is 50.2 Å². The SMILES string of the molecule is CCCc1sc(C(=O)NC2CC3CCC(C2)N3)cc1CC. The van der Waals surface area contributed by atoms with E-state index in [0.717, 1.165) is 37.0 Å². The highest BCUT2D eigenvalue weighted by molar-refractivity contribution is 7.14. The summed E-state index contributed by atoms with van der Waals surface area (Å²) >= 11 is 1.69. The van der Waals surface area contributed by atoms with Crippen molar-refractivity contribution < 1.29 is 4.79 Å². The summed E-state index contributed by atoms with van der Waals surface area (Å²) in [6.45, 7) is 4.37. The van der Waals surface area contributed by atoms with E-state index in [2.05, 4.69) is 30.5 Å². The maximum absolute atomic E-state index is 12.5. The minimum Gasteiger partial charge on any atom is -0.348 e. The third kappa shape index (κ3) is 3.32. The highest BCUT2D eigenvalue weighted by atomic mass is 32.1. The zero-order valence-corrected chi connectivity index (χ0v) is 13.9. The summed E-state index contributed by atoms with van der Waals surface area (Å²) in [5, 5.41) is 6.90. The van der Waals surface area contributed by atoms with Crippen LogP contribution in [0.4, 0.5) is 0 Å². The van der Waals surface area contributed by atoms with Crippen molar-refractivity contribution in [2.45, 2.75) is 76.9 Å². The van der Waals surface area contributed by atoms with Crippen LogP contribution in [0.15, 0.2) is 6.07 Å². The Kier molecular flexibility index (Phi) is 4.65. The standard InChI is InChI=1S/C17H26N2OS/c1-3-5-15-11(4-2)8-16(21-15)17(20)19-14-9-12-6-7-13(10-14)18-12/h8,12-14,18H,3-7,9-10H2,1-2H3,(H,19,20). The van der Waals surface area contributed by atoms with Gasteiger partial charge in [-0.25, -0.2) is 0 Å². The van der Waals surface area contributed by atoms with Crippen LogP contribution >= 0.6 is 11.3 Å². The fraction of sp³-hybridized carbons (Fsp3) is 0.706. The lowest BCUT2D eigenvalue weighted by atomic mass is 10.00. The van der Waals surface area contributed by atoms with Crippen LogP contribution < -0.4 is 10.6 Å². The van der Waals surface area contributed by atoms with E-state index in [1.807, 2.05) is 0 Å². The third-order valence-electron chi connectivity index (χ3n) is 4.79. The second-order valence-corrected chi connectivity index (χ2v) is 7.58. The zero-order valence-electron chi connectivity index (χ0n) is 13.1. The van der Waals surface area contributed by atoms with Gasteiger partial charge in [-0.15, -0.1) is 11.3 Å². The summed E-state index contributed by atoms with van der Waals surface area (Å²) in [7, 11) is 0. The van der Waals surface area contributed by atoms with Gasteiger partial charge in [0.15, 0.2) is 0 Å². The number of thiophene rings is 1. The van der Waals surface area contributed by atoms with Gasteiger partial charge in [0.2, 0.25) is 0 Å². The molecule has 1 aromatic rings. The van der Waals surface area contributed by atoms with E-state index in [1.54, 1.807) is 11.3 Å². The lowest BCUT2D eigenvalue weighted by molar-refractivity contribution is 0.0928. The van der Waals surface area contributed by atoms with Crippen LogP contribution in [-0.2, 0) is 12.8 Å². The molecule has 2 atom stereocenters. The second kappa shape index (κ2) is 6.49. The second-order valence-electron chi connectivity index (χ2n) is 6.44. The van der Waals surface area contributed by atoms with Gasteiger partial charge in [-0.2, -0.15) is 0 Å². The topological polar surface area (TPSA) is 41.1 Å². The van der Waals surface area contributed by atoms with Crippen molar-refractivity contribution in [3.8, 4) is 0 Å². The van der Waals surface area contributed by atoms with Crippen molar-refractivity contribution in [3.05, 3.63) is 21.4 Å². The van der Waals surface area contributed by atoms with Crippen LogP contribution in [0.3, 0.4) is 0 Å². The highest BCUT2D eigenvalue weighted by Crippen LogP contribution is 2.28. The number of aryl methyl sites for hydroxylation is 2. The van der Waals surface area contributed by atoms with E-state index in [0.29, 0.717) is 18.1 Å². The first-order chi connectivity index (χ1) is 10.2. The molecule has 0 radical (unpaired) electrons. The molecule has 3 rings (SSSR count). The highest BCUT2D eigenvalue weighted by Gasteiger charge is 2.34. The first kappa shape index (κ1) is 15.0. The Morgan fingerprint density at radius 2 is 2.05 bits per heavy atom. The summed E-state index contributed by atoms with van der Waals surface area (Å²) in [6.07, 6.45) is 8.00. The summed E-state index contributed by atoms with van der Waals surface area (Å²) in [5.74, 6) is 0.142. The molecule has 2 aliphatic rings. The number of nitrogens with one attached hydrogen (secondary N) is 2. The number of fused-ring (bicyclic) bond motifs is 2. The van der Waals surface area contributed by atoms with Crippen molar-refractivity contribution in [1.82, 2.24) is 10.6 Å². The first-order valence-corrected chi connectivity index (χ1v) is 9.19. The smallest absolute Gasteiger partial charge is 0.261 e. The van der Waals surface area contributed by atoms with Crippen molar-refractivity contribution in [2.24, 2.45) is 0 Å². The molecule has 1 amide bonds. The fourth-order valence-corrected chi connectivity index (χ4v) is 5.01. The van der Waals surface area contributed by atoms with Gasteiger partial charge in [0.05, 0.1) is 4.88 Å². The summed E-state index contributed by atoms with van der Waals surface area (Å²) < 4.78 is 0. The van der Waals surface area contributed by atoms with Crippen molar-refractivity contribution in [3.63, 3.8) is 0 Å². The average molecular weight is 306 g/mol. The molecule has 2 fully saturated rings. The van der Waals surface area contributed by atoms with E-state index in [1.165, 1.54) is 23.3 Å². The normalized spacial score (nSPS) is 27.8. The Bertz CT molecular complexity index is 499. The van der Waals surface area contributed by atoms with Gasteiger partial charge < -0.3 is 10.6 Å². The van der Waals surface area contributed by atoms with Crippen LogP contribution in [0.1, 0.15) is 66.1 Å². The first-order valence-electron chi connectivity index (χ1n) is 8.38. The van der Waals surface area contributed by atoms with Gasteiger partial charge in [0.1, 0.15) is 0 Å². The predicted octanol–water partition coefficient (Wildman–Crippen LogP) is 3.28. The number of hydrogen-bond donors (Lipinski definition) is 2. The molecular weight excluding hydrogens is 280 g/mol. The predicted molar refractivity (Wildman–Crippen MR) is 88.1 cm³/mol. The number of carbonyl (C=O) groups excluding carboxylic acids is 1. The number of rotatable bonds is 5. The number of amides is 1. The lowest BCUT2D eigenvalue weighted by Gasteiger charge is -2.29. The van der Waals surface area contributed by atoms with Gasteiger partial charge >= 0.3 is 0 Å². The molecule has 2 bridgehead atoms. The molecule has 2 unspecified atom stereocenters. The fourth-order valence-electron chi connectivity index (χ4n) is 3.75. The average Bonchev–Trinajstić information content (AvgIpc) is 3.03. The lowest BCUT2D eigenvalue weighted by Crippen LogP contribution is -2.47. The molecule has 21 heavy (non-hydrogen) atoms. The molecule has 3 heterocycles. The quantitative estimate of drug-likeness (QED) is 0.876. The van der Waals surface area contributed by atoms with E-state index < -0.39 is 0 Å². The maximum atomic E-state index is 12.5. The molecule has 3 nitrogen and oxygen atoms in total. The van der Waals surface area contributed by atoms with E-state index in [9.17, 15) is 4.79 Å². The van der Waals surface area contributed by atoms with Crippen LogP contribution in [0.25, 0.3) is 0 Å². The molecule has 0 saturated carbocycles. The van der Waals surface area contributed by atoms with Crippen molar-refractivity contribution in [2.75, 3.05) is 0 Å². The Morgan fingerprint density at radius 3 is 2.67 bits per heavy atom. The van der Waals surface area contributed by atoms with Gasteiger partial charge in [-0.3, -0.25) is 4.79 Å². The van der Waals surface area contributed by atoms with Crippen LogP contribution in [0, 0.1) is 0 Å². The number of hydrogen-bond acceptors (Lipinski definition) is 3. The Labute approximate surface area is 131 Å². The monoisotopic (exact) mass is 306 g/mol. The molecule has 116 valence electrons. The van der Waals surface area contributed by atoms with Crippen LogP contribution in [0.2, 0.25) is 0 Å². The van der Waals surface area contributed by atoms with E-state index >= 15 is 0 Å². The number of carbonyl (C=O) groups is 1. The van der Waals surface area contributed by atoms with E-state index in [4.69, 9.17) is 0 Å². The minimum atomic E-state index is 0.142. The molecule has 0 spiro atoms. The molecule has 1 aromatic heterocycles. The van der Waals surface area contributed by atoms with Crippen molar-refractivity contribution >= 4 is 17.2 Å². The van der Waals surface area contributed by atoms with Gasteiger partial charge in [-0.1, -0.05) is 20.3 Å².